The molecule has 0 unspecified atom stereocenters. The number of unbranched alkanes of at least 4 members (excludes halogenated alkanes) is 1. The van der Waals surface area contributed by atoms with Gasteiger partial charge in [-0.3, -0.25) is 19.2 Å². The van der Waals surface area contributed by atoms with Crippen molar-refractivity contribution in [1.29, 1.82) is 0 Å². The first-order valence-corrected chi connectivity index (χ1v) is 26.2. The molecule has 2 aromatic carbocycles. The van der Waals surface area contributed by atoms with Crippen LogP contribution in [0.4, 0.5) is 24.7 Å². The number of amides is 4. The highest BCUT2D eigenvalue weighted by molar-refractivity contribution is 7.13. The number of primary amides is 1. The molecule has 1 aliphatic rings. The Morgan fingerprint density at radius 1 is 0.896 bits per heavy atom. The first-order chi connectivity index (χ1) is 36.8. The van der Waals surface area contributed by atoms with Gasteiger partial charge < -0.3 is 50.3 Å². The van der Waals surface area contributed by atoms with E-state index >= 15 is 0 Å². The van der Waals surface area contributed by atoms with Crippen LogP contribution >= 0.6 is 11.3 Å². The van der Waals surface area contributed by atoms with Crippen LogP contribution in [0.15, 0.2) is 89.2 Å². The summed E-state index contributed by atoms with van der Waals surface area (Å²) in [6, 6.07) is 17.5. The molecule has 0 saturated carbocycles. The van der Waals surface area contributed by atoms with Crippen molar-refractivity contribution in [2.75, 3.05) is 63.4 Å². The van der Waals surface area contributed by atoms with Crippen LogP contribution in [0.3, 0.4) is 0 Å². The number of aliphatic hydroxyl groups excluding tert-OH is 1. The lowest BCUT2D eigenvalue weighted by molar-refractivity contribution is -0.145. The highest BCUT2D eigenvalue weighted by Crippen LogP contribution is 2.34. The number of nitrogens with zero attached hydrogens (tertiary/aromatic N) is 6. The highest BCUT2D eigenvalue weighted by Gasteiger charge is 2.43. The zero-order valence-electron chi connectivity index (χ0n) is 43.4. The fraction of sp³-hybridized carbons (Fsp3) is 0.444. The lowest BCUT2D eigenvalue weighted by Gasteiger charge is -2.35. The number of alkyl halides is 3. The Kier molecular flexibility index (Phi) is 20.1. The van der Waals surface area contributed by atoms with Crippen LogP contribution in [0.25, 0.3) is 27.6 Å². The van der Waals surface area contributed by atoms with E-state index in [-0.39, 0.29) is 70.5 Å². The molecule has 19 nitrogen and oxygen atoms in total. The van der Waals surface area contributed by atoms with Crippen molar-refractivity contribution in [1.82, 2.24) is 34.9 Å². The second-order valence-corrected chi connectivity index (χ2v) is 20.5. The molecule has 77 heavy (non-hydrogen) atoms. The second-order valence-electron chi connectivity index (χ2n) is 19.7. The number of likely N-dealkylation sites (tertiary alicyclic amines) is 1. The molecule has 7 rings (SSSR count). The molecule has 5 heterocycles. The van der Waals surface area contributed by atoms with E-state index in [0.29, 0.717) is 64.7 Å². The largest absolute Gasteiger partial charge is 0.444 e. The van der Waals surface area contributed by atoms with E-state index in [9.17, 15) is 37.5 Å². The highest BCUT2D eigenvalue weighted by atomic mass is 32.1. The topological polar surface area (TPSA) is 251 Å². The Balaban J connectivity index is 0.746. The first-order valence-electron chi connectivity index (χ1n) is 25.3. The van der Waals surface area contributed by atoms with Gasteiger partial charge in [0.2, 0.25) is 17.7 Å². The zero-order chi connectivity index (χ0) is 55.1. The number of thiazole rings is 1. The molecule has 0 radical (unpaired) electrons. The number of β-amino-alcohol motifs (C(OH)–C–C–N with tert-alkyl or cyclic N) is 1. The number of hydrogen-bond acceptors (Lipinski definition) is 15. The number of aryl methyl sites for hydroxylation is 2. The number of aromatic nitrogens is 5. The maximum atomic E-state index is 14.0. The van der Waals surface area contributed by atoms with Crippen molar-refractivity contribution in [2.45, 2.75) is 91.1 Å². The van der Waals surface area contributed by atoms with Crippen LogP contribution in [0, 0.1) is 18.3 Å². The summed E-state index contributed by atoms with van der Waals surface area (Å²) in [5, 5.41) is 22.6. The van der Waals surface area contributed by atoms with Gasteiger partial charge in [-0.25, -0.2) is 19.6 Å². The van der Waals surface area contributed by atoms with E-state index < -0.39 is 36.7 Å². The molecule has 3 atom stereocenters. The maximum Gasteiger partial charge on any atom is 0.405 e. The van der Waals surface area contributed by atoms with Crippen LogP contribution in [-0.2, 0) is 36.8 Å². The summed E-state index contributed by atoms with van der Waals surface area (Å²) in [6.07, 6.45) is 2.47. The summed E-state index contributed by atoms with van der Waals surface area (Å²) in [4.78, 5) is 67.8. The number of ether oxygens (including phenoxy) is 3. The number of nitrogens with two attached hydrogens (primary N) is 1. The third-order valence-corrected chi connectivity index (χ3v) is 13.8. The number of carbonyl (C=O) groups excluding carboxylic acids is 4. The summed E-state index contributed by atoms with van der Waals surface area (Å²) in [6.45, 7) is 9.84. The van der Waals surface area contributed by atoms with Gasteiger partial charge in [-0.15, -0.1) is 11.3 Å². The fourth-order valence-electron chi connectivity index (χ4n) is 8.70. The van der Waals surface area contributed by atoms with E-state index in [1.807, 2.05) is 81.7 Å². The summed E-state index contributed by atoms with van der Waals surface area (Å²) >= 11 is 1.58. The minimum absolute atomic E-state index is 0.0297. The van der Waals surface area contributed by atoms with Crippen molar-refractivity contribution in [3.8, 4) is 27.6 Å². The summed E-state index contributed by atoms with van der Waals surface area (Å²) < 4.78 is 62.0. The van der Waals surface area contributed by atoms with Crippen LogP contribution in [-0.4, -0.2) is 129 Å². The lowest BCUT2D eigenvalue weighted by atomic mass is 9.77. The predicted molar refractivity (Wildman–Crippen MR) is 282 cm³/mol. The number of pyridine rings is 1. The standard InChI is InChI=1S/C54H65F3N10O9S/c1-34-47(77-33-62-34)37-14-10-36(11-15-37)28-60-50(71)44-27-40(68)29-66(44)52(72)41(53(2,3)4)9-7-21-74-23-25-75-24-22-73-20-6-5-8-35-12-16-39(17-13-35)67-30-42(46(65-67)48(58)69)63-49(70)43-31-76-51(64-43)38-18-19-59-45(26-38)61-32-54(55,56)57/h10-19,26,30-31,33,40-41,44,68H,5-9,20-25,27-29,32H2,1-4H3,(H2,58,69)(H,59,61)(H,60,71)(H,63,70)/t40-,41-,44+/m1/s1. The van der Waals surface area contributed by atoms with E-state index in [1.54, 1.807) is 16.2 Å². The van der Waals surface area contributed by atoms with Crippen LogP contribution in [0.5, 0.6) is 0 Å². The molecule has 412 valence electrons. The maximum absolute atomic E-state index is 14.0. The van der Waals surface area contributed by atoms with E-state index in [1.165, 1.54) is 29.2 Å². The monoisotopic (exact) mass is 1090 g/mol. The molecule has 0 bridgehead atoms. The van der Waals surface area contributed by atoms with E-state index in [0.717, 1.165) is 52.8 Å². The normalized spacial score (nSPS) is 15.1. The molecular formula is C54H65F3N10O9S. The Hall–Kier alpha value is -7.05. The van der Waals surface area contributed by atoms with Crippen molar-refractivity contribution in [3.63, 3.8) is 0 Å². The Labute approximate surface area is 448 Å². The number of anilines is 2. The summed E-state index contributed by atoms with van der Waals surface area (Å²) in [7, 11) is 0. The number of halogens is 3. The molecule has 23 heteroatoms. The SMILES string of the molecule is Cc1ncsc1-c1ccc(CNC(=O)[C@@H]2C[C@@H](O)CN2C(=O)[C@@H](CCCOCCOCCOCCCCc2ccc(-n3cc(NC(=O)c4coc(-c5ccnc(NCC(F)(F)F)c5)n4)c(C(N)=O)n3)cc2)C(C)(C)C)cc1. The van der Waals surface area contributed by atoms with E-state index in [4.69, 9.17) is 24.4 Å². The number of benzene rings is 2. The number of oxazole rings is 1. The van der Waals surface area contributed by atoms with Gasteiger partial charge in [0.25, 0.3) is 11.8 Å². The average molecular weight is 1090 g/mol. The molecule has 1 aliphatic heterocycles. The van der Waals surface area contributed by atoms with Crippen molar-refractivity contribution < 1.29 is 56.1 Å². The quantitative estimate of drug-likeness (QED) is 0.0309. The van der Waals surface area contributed by atoms with Crippen molar-refractivity contribution in [3.05, 3.63) is 113 Å². The van der Waals surface area contributed by atoms with Crippen molar-refractivity contribution >= 4 is 46.5 Å². The molecule has 1 fully saturated rings. The number of carbonyl (C=O) groups is 4. The molecule has 0 spiro atoms. The predicted octanol–water partition coefficient (Wildman–Crippen LogP) is 7.77. The van der Waals surface area contributed by atoms with Gasteiger partial charge in [0.15, 0.2) is 11.4 Å². The minimum Gasteiger partial charge on any atom is -0.444 e. The second kappa shape index (κ2) is 26.8. The van der Waals surface area contributed by atoms with Gasteiger partial charge in [-0.1, -0.05) is 57.2 Å². The van der Waals surface area contributed by atoms with Gasteiger partial charge in [0.1, 0.15) is 24.7 Å². The summed E-state index contributed by atoms with van der Waals surface area (Å²) in [5.74, 6) is -2.51. The molecule has 4 aromatic heterocycles. The molecule has 1 saturated heterocycles. The van der Waals surface area contributed by atoms with Crippen LogP contribution < -0.4 is 21.7 Å². The molecule has 6 aromatic rings. The van der Waals surface area contributed by atoms with Gasteiger partial charge >= 0.3 is 6.18 Å². The van der Waals surface area contributed by atoms with Crippen molar-refractivity contribution in [2.24, 2.45) is 17.1 Å². The third kappa shape index (κ3) is 16.7. The molecule has 4 amide bonds. The van der Waals surface area contributed by atoms with E-state index in [2.05, 4.69) is 36.0 Å². The molecule has 0 aliphatic carbocycles. The van der Waals surface area contributed by atoms with Crippen LogP contribution in [0.1, 0.15) is 90.7 Å². The Morgan fingerprint density at radius 3 is 2.25 bits per heavy atom. The number of hydrogen-bond donors (Lipinski definition) is 5. The van der Waals surface area contributed by atoms with Gasteiger partial charge in [0.05, 0.1) is 66.2 Å². The number of nitrogens with one attached hydrogen (secondary N) is 3. The van der Waals surface area contributed by atoms with Gasteiger partial charge in [-0.2, -0.15) is 18.3 Å². The Morgan fingerprint density at radius 2 is 1.58 bits per heavy atom. The molecule has 6 N–H and O–H groups in total. The smallest absolute Gasteiger partial charge is 0.405 e. The lowest BCUT2D eigenvalue weighted by Crippen LogP contribution is -2.49. The Bertz CT molecular complexity index is 2900. The zero-order valence-corrected chi connectivity index (χ0v) is 44.3. The number of aliphatic hydroxyl groups is 1. The fourth-order valence-corrected chi connectivity index (χ4v) is 9.51. The average Bonchev–Trinajstić information content (AvgIpc) is 4.24. The number of rotatable bonds is 27. The van der Waals surface area contributed by atoms with Crippen LogP contribution in [0.2, 0.25) is 0 Å². The first kappa shape index (κ1) is 57.7. The molecular weight excluding hydrogens is 1020 g/mol. The van der Waals surface area contributed by atoms with Gasteiger partial charge in [0, 0.05) is 50.4 Å². The van der Waals surface area contributed by atoms with Gasteiger partial charge in [-0.05, 0) is 85.4 Å². The summed E-state index contributed by atoms with van der Waals surface area (Å²) in [5.41, 5.74) is 11.6. The minimum atomic E-state index is -4.45. The third-order valence-electron chi connectivity index (χ3n) is 12.8.